The van der Waals surface area contributed by atoms with Crippen molar-refractivity contribution in [3.05, 3.63) is 83.7 Å². The van der Waals surface area contributed by atoms with E-state index in [9.17, 15) is 31.2 Å². The van der Waals surface area contributed by atoms with E-state index < -0.39 is 62.4 Å². The van der Waals surface area contributed by atoms with Crippen LogP contribution >= 0.6 is 0 Å². The van der Waals surface area contributed by atoms with Crippen LogP contribution in [0, 0.1) is 0 Å². The van der Waals surface area contributed by atoms with Gasteiger partial charge in [0.1, 0.15) is 10.1 Å². The van der Waals surface area contributed by atoms with Crippen LogP contribution in [-0.2, 0) is 36.9 Å². The first-order valence-corrected chi connectivity index (χ1v) is 12.8. The molecule has 0 spiro atoms. The molecule has 0 saturated carbocycles. The summed E-state index contributed by atoms with van der Waals surface area (Å²) in [6.07, 6.45) is -5.46. The molecule has 2 aliphatic heterocycles. The number of β-lactam (4-membered cyclic amide) rings is 1. The Labute approximate surface area is 209 Å². The summed E-state index contributed by atoms with van der Waals surface area (Å²) in [7, 11) is -4.21. The molecule has 3 atom stereocenters. The predicted octanol–water partition coefficient (Wildman–Crippen LogP) is 2.74. The number of hydrogen-bond donors (Lipinski definition) is 0. The number of nitrogens with zero attached hydrogens (tertiary/aromatic N) is 4. The fraction of sp³-hybridized carbons (Fsp3) is 0.333. The van der Waals surface area contributed by atoms with Crippen LogP contribution in [0.3, 0.4) is 0 Å². The van der Waals surface area contributed by atoms with E-state index in [1.54, 1.807) is 60.7 Å². The summed E-state index contributed by atoms with van der Waals surface area (Å²) in [6, 6.07) is 15.9. The second kappa shape index (κ2) is 8.68. The van der Waals surface area contributed by atoms with Gasteiger partial charge in [-0.05, 0) is 18.1 Å². The molecular weight excluding hydrogens is 513 g/mol. The minimum Gasteiger partial charge on any atom is -0.451 e. The van der Waals surface area contributed by atoms with E-state index in [0.717, 1.165) is 9.58 Å². The first-order chi connectivity index (χ1) is 17.4. The molecule has 3 heterocycles. The average molecular weight is 535 g/mol. The number of halogens is 3. The Balaban J connectivity index is 1.53. The molecule has 9 nitrogen and oxygen atoms in total. The summed E-state index contributed by atoms with van der Waals surface area (Å²) in [5.74, 6) is -1.56. The van der Waals surface area contributed by atoms with E-state index in [4.69, 9.17) is 4.74 Å². The Morgan fingerprint density at radius 1 is 1.11 bits per heavy atom. The lowest BCUT2D eigenvalue weighted by atomic mass is 9.95. The van der Waals surface area contributed by atoms with Gasteiger partial charge < -0.3 is 9.64 Å². The summed E-state index contributed by atoms with van der Waals surface area (Å²) >= 11 is 0. The molecule has 37 heavy (non-hydrogen) atoms. The quantitative estimate of drug-likeness (QED) is 0.353. The van der Waals surface area contributed by atoms with Crippen molar-refractivity contribution in [2.75, 3.05) is 0 Å². The molecule has 2 saturated heterocycles. The second-order valence-corrected chi connectivity index (χ2v) is 11.7. The van der Waals surface area contributed by atoms with E-state index >= 15 is 0 Å². The van der Waals surface area contributed by atoms with Crippen molar-refractivity contribution in [2.45, 2.75) is 48.3 Å². The first kappa shape index (κ1) is 24.9. The van der Waals surface area contributed by atoms with Crippen molar-refractivity contribution in [1.82, 2.24) is 19.9 Å². The number of sulfone groups is 1. The van der Waals surface area contributed by atoms with Gasteiger partial charge in [-0.25, -0.2) is 13.2 Å². The van der Waals surface area contributed by atoms with E-state index in [0.29, 0.717) is 17.3 Å². The molecular formula is C24H21F3N4O5S. The minimum atomic E-state index is -4.79. The molecule has 3 aromatic rings. The molecule has 0 radical (unpaired) electrons. The van der Waals surface area contributed by atoms with Gasteiger partial charge in [-0.2, -0.15) is 13.2 Å². The Bertz CT molecular complexity index is 1410. The monoisotopic (exact) mass is 534 g/mol. The minimum absolute atomic E-state index is 0.326. The number of carbonyl (C=O) groups is 2. The van der Waals surface area contributed by atoms with Crippen molar-refractivity contribution >= 4 is 21.7 Å². The van der Waals surface area contributed by atoms with Gasteiger partial charge in [0.15, 0.2) is 27.7 Å². The third-order valence-corrected chi connectivity index (χ3v) is 9.54. The molecule has 5 rings (SSSR count). The third kappa shape index (κ3) is 4.06. The van der Waals surface area contributed by atoms with Crippen LogP contribution in [0.4, 0.5) is 13.2 Å². The fourth-order valence-corrected chi connectivity index (χ4v) is 7.22. The zero-order valence-corrected chi connectivity index (χ0v) is 20.2. The van der Waals surface area contributed by atoms with Gasteiger partial charge in [-0.15, -0.1) is 5.10 Å². The molecule has 13 heteroatoms. The highest BCUT2D eigenvalue weighted by Gasteiger charge is 2.70. The highest BCUT2D eigenvalue weighted by atomic mass is 32.2. The maximum absolute atomic E-state index is 13.7. The molecule has 2 aliphatic rings. The Hall–Kier alpha value is -3.74. The van der Waals surface area contributed by atoms with Crippen LogP contribution in [0.25, 0.3) is 0 Å². The number of carbonyl (C=O) groups excluding carboxylic acids is 2. The first-order valence-electron chi connectivity index (χ1n) is 11.3. The van der Waals surface area contributed by atoms with E-state index in [2.05, 4.69) is 10.3 Å². The van der Waals surface area contributed by atoms with Crippen molar-refractivity contribution in [3.63, 3.8) is 0 Å². The Morgan fingerprint density at radius 2 is 1.68 bits per heavy atom. The number of amides is 1. The number of ether oxygens (including phenoxy) is 1. The number of hydrogen-bond acceptors (Lipinski definition) is 7. The lowest BCUT2D eigenvalue weighted by molar-refractivity contribution is -0.164. The highest BCUT2D eigenvalue weighted by molar-refractivity contribution is 7.93. The number of esters is 1. The second-order valence-electron chi connectivity index (χ2n) is 9.16. The molecule has 0 unspecified atom stereocenters. The van der Waals surface area contributed by atoms with Crippen molar-refractivity contribution in [1.29, 1.82) is 0 Å². The molecule has 0 aliphatic carbocycles. The van der Waals surface area contributed by atoms with Crippen LogP contribution in [-0.4, -0.2) is 56.4 Å². The topological polar surface area (TPSA) is 111 Å². The van der Waals surface area contributed by atoms with Gasteiger partial charge in [-0.3, -0.25) is 9.48 Å². The Morgan fingerprint density at radius 3 is 2.16 bits per heavy atom. The van der Waals surface area contributed by atoms with E-state index in [-0.39, 0.29) is 6.42 Å². The number of benzene rings is 2. The molecule has 2 fully saturated rings. The van der Waals surface area contributed by atoms with Crippen molar-refractivity contribution in [2.24, 2.45) is 0 Å². The van der Waals surface area contributed by atoms with Crippen molar-refractivity contribution < 1.29 is 35.9 Å². The lowest BCUT2D eigenvalue weighted by Gasteiger charge is -2.37. The number of fused-ring (bicyclic) bond motifs is 1. The average Bonchev–Trinajstić information content (AvgIpc) is 3.38. The smallest absolute Gasteiger partial charge is 0.436 e. The van der Waals surface area contributed by atoms with Crippen LogP contribution in [0.1, 0.15) is 36.3 Å². The van der Waals surface area contributed by atoms with Gasteiger partial charge in [0.25, 0.3) is 0 Å². The van der Waals surface area contributed by atoms with E-state index in [1.165, 1.54) is 6.92 Å². The van der Waals surface area contributed by atoms with Crippen LogP contribution < -0.4 is 0 Å². The fourth-order valence-electron chi connectivity index (χ4n) is 4.86. The molecule has 194 valence electrons. The predicted molar refractivity (Wildman–Crippen MR) is 122 cm³/mol. The molecule has 2 aromatic carbocycles. The maximum Gasteiger partial charge on any atom is 0.436 e. The lowest BCUT2D eigenvalue weighted by Crippen LogP contribution is -2.58. The van der Waals surface area contributed by atoms with Gasteiger partial charge in [0, 0.05) is 0 Å². The zero-order chi connectivity index (χ0) is 26.6. The standard InChI is InChI=1S/C24H21F3N4O5S/c1-23(14-30-13-17(28-29-30)24(25,26)27)21(31-18(32)12-19(31)37(23,34)35)22(33)36-20(15-8-4-2-5-9-15)16-10-6-3-7-11-16/h2-11,13,19-21H,12,14H2,1H3/t19-,21+,23+/m1/s1. The number of rotatable bonds is 6. The number of alkyl halides is 3. The van der Waals surface area contributed by atoms with Crippen LogP contribution in [0.15, 0.2) is 66.9 Å². The van der Waals surface area contributed by atoms with E-state index in [1.807, 2.05) is 0 Å². The highest BCUT2D eigenvalue weighted by Crippen LogP contribution is 2.48. The van der Waals surface area contributed by atoms with Crippen molar-refractivity contribution in [3.8, 4) is 0 Å². The normalized spacial score (nSPS) is 24.6. The largest absolute Gasteiger partial charge is 0.451 e. The summed E-state index contributed by atoms with van der Waals surface area (Å²) in [5, 5.41) is 5.22. The van der Waals surface area contributed by atoms with Gasteiger partial charge in [0.05, 0.1) is 19.2 Å². The van der Waals surface area contributed by atoms with Gasteiger partial charge >= 0.3 is 12.1 Å². The maximum atomic E-state index is 13.7. The van der Waals surface area contributed by atoms with Crippen LogP contribution in [0.2, 0.25) is 0 Å². The molecule has 0 N–H and O–H groups in total. The summed E-state index contributed by atoms with van der Waals surface area (Å²) < 4.78 is 70.7. The SMILES string of the molecule is C[C@]1(Cn2cc(C(F)(F)F)nn2)[C@H](C(=O)OC(c2ccccc2)c2ccccc2)N2C(=O)C[C@H]2S1(=O)=O. The molecule has 0 bridgehead atoms. The van der Waals surface area contributed by atoms with Gasteiger partial charge in [0.2, 0.25) is 5.91 Å². The summed E-state index contributed by atoms with van der Waals surface area (Å²) in [4.78, 5) is 27.1. The third-order valence-electron chi connectivity index (χ3n) is 6.78. The summed E-state index contributed by atoms with van der Waals surface area (Å²) in [6.45, 7) is 0.578. The van der Waals surface area contributed by atoms with Gasteiger partial charge in [-0.1, -0.05) is 65.9 Å². The Kier molecular flexibility index (Phi) is 5.85. The zero-order valence-electron chi connectivity index (χ0n) is 19.4. The number of aromatic nitrogens is 3. The van der Waals surface area contributed by atoms with Crippen LogP contribution in [0.5, 0.6) is 0 Å². The summed E-state index contributed by atoms with van der Waals surface area (Å²) in [5.41, 5.74) is -0.0810. The molecule has 1 aromatic heterocycles. The molecule has 1 amide bonds.